The van der Waals surface area contributed by atoms with Gasteiger partial charge in [0.15, 0.2) is 22.0 Å². The van der Waals surface area contributed by atoms with E-state index in [2.05, 4.69) is 26.6 Å². The molecule has 0 spiro atoms. The lowest BCUT2D eigenvalue weighted by atomic mass is 9.87. The molecular weight excluding hydrogens is 419 g/mol. The van der Waals surface area contributed by atoms with Gasteiger partial charge in [0, 0.05) is 0 Å². The Morgan fingerprint density at radius 1 is 1.22 bits per heavy atom. The summed E-state index contributed by atoms with van der Waals surface area (Å²) in [6.45, 7) is 5.67. The standard InChI is InChI=1S/C19H22BrFN2O4/c1-19(2,3)15(11-26-13-7-5-4-6-12(13)21)23-17(24)10-22-18(25)14-8-9-16(20)27-14/h4-9,15H,10-11H2,1-3H3,(H,22,25)(H,23,24). The summed E-state index contributed by atoms with van der Waals surface area (Å²) in [5, 5.41) is 5.30. The van der Waals surface area contributed by atoms with E-state index < -0.39 is 11.7 Å². The summed E-state index contributed by atoms with van der Waals surface area (Å²) in [5.74, 6) is -1.12. The second-order valence-corrected chi connectivity index (χ2v) is 7.80. The van der Waals surface area contributed by atoms with E-state index in [0.717, 1.165) is 0 Å². The first-order chi connectivity index (χ1) is 12.7. The molecule has 1 unspecified atom stereocenters. The largest absolute Gasteiger partial charge is 0.488 e. The first-order valence-corrected chi connectivity index (χ1v) is 9.16. The highest BCUT2D eigenvalue weighted by Gasteiger charge is 2.27. The van der Waals surface area contributed by atoms with E-state index in [-0.39, 0.29) is 42.0 Å². The number of hydrogen-bond acceptors (Lipinski definition) is 4. The van der Waals surface area contributed by atoms with Gasteiger partial charge >= 0.3 is 0 Å². The van der Waals surface area contributed by atoms with Gasteiger partial charge in [0.2, 0.25) is 5.91 Å². The Kier molecular flexibility index (Phi) is 7.01. The second-order valence-electron chi connectivity index (χ2n) is 7.01. The third-order valence-corrected chi connectivity index (χ3v) is 4.26. The van der Waals surface area contributed by atoms with Gasteiger partial charge in [-0.05, 0) is 45.6 Å². The number of furan rings is 1. The molecule has 2 aromatic rings. The van der Waals surface area contributed by atoms with Crippen molar-refractivity contribution in [3.63, 3.8) is 0 Å². The molecule has 0 saturated carbocycles. The van der Waals surface area contributed by atoms with Crippen molar-refractivity contribution < 1.29 is 23.1 Å². The maximum absolute atomic E-state index is 13.7. The third-order valence-electron chi connectivity index (χ3n) is 3.83. The Balaban J connectivity index is 1.90. The van der Waals surface area contributed by atoms with Crippen LogP contribution in [0.4, 0.5) is 4.39 Å². The van der Waals surface area contributed by atoms with E-state index in [0.29, 0.717) is 4.67 Å². The van der Waals surface area contributed by atoms with E-state index in [1.54, 1.807) is 18.2 Å². The maximum atomic E-state index is 13.7. The predicted octanol–water partition coefficient (Wildman–Crippen LogP) is 3.52. The van der Waals surface area contributed by atoms with Gasteiger partial charge in [-0.25, -0.2) is 4.39 Å². The van der Waals surface area contributed by atoms with Gasteiger partial charge in [-0.1, -0.05) is 32.9 Å². The van der Waals surface area contributed by atoms with E-state index in [4.69, 9.17) is 9.15 Å². The van der Waals surface area contributed by atoms with Crippen LogP contribution in [-0.2, 0) is 4.79 Å². The molecule has 27 heavy (non-hydrogen) atoms. The van der Waals surface area contributed by atoms with Gasteiger partial charge < -0.3 is 19.8 Å². The lowest BCUT2D eigenvalue weighted by Crippen LogP contribution is -2.50. The van der Waals surface area contributed by atoms with Crippen molar-refractivity contribution in [3.8, 4) is 5.75 Å². The van der Waals surface area contributed by atoms with Crippen molar-refractivity contribution in [1.29, 1.82) is 0 Å². The fourth-order valence-electron chi connectivity index (χ4n) is 2.17. The van der Waals surface area contributed by atoms with Crippen LogP contribution in [0.5, 0.6) is 5.75 Å². The molecule has 2 N–H and O–H groups in total. The van der Waals surface area contributed by atoms with Crippen LogP contribution in [0.1, 0.15) is 31.3 Å². The zero-order valence-corrected chi connectivity index (χ0v) is 16.9. The smallest absolute Gasteiger partial charge is 0.287 e. The lowest BCUT2D eigenvalue weighted by molar-refractivity contribution is -0.121. The number of para-hydroxylation sites is 1. The number of benzene rings is 1. The van der Waals surface area contributed by atoms with Gasteiger partial charge in [0.05, 0.1) is 12.6 Å². The highest BCUT2D eigenvalue weighted by atomic mass is 79.9. The van der Waals surface area contributed by atoms with Crippen LogP contribution in [0, 0.1) is 11.2 Å². The normalized spacial score (nSPS) is 12.3. The highest BCUT2D eigenvalue weighted by molar-refractivity contribution is 9.10. The summed E-state index contributed by atoms with van der Waals surface area (Å²) in [5.41, 5.74) is -0.337. The fraction of sp³-hybridized carbons (Fsp3) is 0.368. The molecule has 0 aliphatic carbocycles. The number of carbonyl (C=O) groups is 2. The quantitative estimate of drug-likeness (QED) is 0.689. The molecule has 1 atom stereocenters. The molecule has 0 fully saturated rings. The van der Waals surface area contributed by atoms with Gasteiger partial charge in [0.25, 0.3) is 5.91 Å². The van der Waals surface area contributed by atoms with E-state index in [1.807, 2.05) is 20.8 Å². The summed E-state index contributed by atoms with van der Waals surface area (Å²) in [7, 11) is 0. The van der Waals surface area contributed by atoms with E-state index >= 15 is 0 Å². The van der Waals surface area contributed by atoms with Crippen LogP contribution in [0.3, 0.4) is 0 Å². The molecule has 0 radical (unpaired) electrons. The molecule has 6 nitrogen and oxygen atoms in total. The Labute approximate surface area is 165 Å². The summed E-state index contributed by atoms with van der Waals surface area (Å²) >= 11 is 3.11. The maximum Gasteiger partial charge on any atom is 0.287 e. The van der Waals surface area contributed by atoms with Gasteiger partial charge in [-0.3, -0.25) is 9.59 Å². The number of halogens is 2. The van der Waals surface area contributed by atoms with Crippen LogP contribution in [-0.4, -0.2) is 31.0 Å². The summed E-state index contributed by atoms with van der Waals surface area (Å²) in [6, 6.07) is 8.78. The molecule has 2 rings (SSSR count). The Bertz CT molecular complexity index is 801. The molecule has 1 heterocycles. The van der Waals surface area contributed by atoms with Crippen molar-refractivity contribution in [2.45, 2.75) is 26.8 Å². The van der Waals surface area contributed by atoms with Gasteiger partial charge in [0.1, 0.15) is 6.61 Å². The zero-order chi connectivity index (χ0) is 20.0. The predicted molar refractivity (Wildman–Crippen MR) is 102 cm³/mol. The summed E-state index contributed by atoms with van der Waals surface area (Å²) in [4.78, 5) is 24.1. The van der Waals surface area contributed by atoms with Gasteiger partial charge in [-0.2, -0.15) is 0 Å². The van der Waals surface area contributed by atoms with E-state index in [1.165, 1.54) is 18.2 Å². The van der Waals surface area contributed by atoms with Crippen molar-refractivity contribution in [1.82, 2.24) is 10.6 Å². The second kappa shape index (κ2) is 9.03. The average molecular weight is 441 g/mol. The molecule has 1 aromatic carbocycles. The number of nitrogens with one attached hydrogen (secondary N) is 2. The Morgan fingerprint density at radius 3 is 2.52 bits per heavy atom. The summed E-state index contributed by atoms with van der Waals surface area (Å²) in [6.07, 6.45) is 0. The molecule has 146 valence electrons. The third kappa shape index (κ3) is 6.39. The monoisotopic (exact) mass is 440 g/mol. The molecule has 0 aliphatic rings. The fourth-order valence-corrected chi connectivity index (χ4v) is 2.48. The van der Waals surface area contributed by atoms with Crippen LogP contribution in [0.25, 0.3) is 0 Å². The van der Waals surface area contributed by atoms with Crippen LogP contribution >= 0.6 is 15.9 Å². The molecule has 2 amide bonds. The van der Waals surface area contributed by atoms with E-state index in [9.17, 15) is 14.0 Å². The molecular formula is C19H22BrFN2O4. The van der Waals surface area contributed by atoms with Crippen LogP contribution in [0.15, 0.2) is 45.5 Å². The Hall–Kier alpha value is -2.35. The first kappa shape index (κ1) is 21.0. The van der Waals surface area contributed by atoms with Crippen molar-refractivity contribution in [3.05, 3.63) is 52.6 Å². The Morgan fingerprint density at radius 2 is 1.93 bits per heavy atom. The van der Waals surface area contributed by atoms with Crippen molar-refractivity contribution in [2.75, 3.05) is 13.2 Å². The molecule has 0 bridgehead atoms. The lowest BCUT2D eigenvalue weighted by Gasteiger charge is -2.31. The van der Waals surface area contributed by atoms with Crippen LogP contribution in [0.2, 0.25) is 0 Å². The molecule has 8 heteroatoms. The van der Waals surface area contributed by atoms with Crippen molar-refractivity contribution >= 4 is 27.7 Å². The topological polar surface area (TPSA) is 80.6 Å². The number of hydrogen-bond donors (Lipinski definition) is 2. The van der Waals surface area contributed by atoms with Crippen LogP contribution < -0.4 is 15.4 Å². The molecule has 0 aliphatic heterocycles. The summed E-state index contributed by atoms with van der Waals surface area (Å²) < 4.78 is 24.8. The van der Waals surface area contributed by atoms with Crippen molar-refractivity contribution in [2.24, 2.45) is 5.41 Å². The first-order valence-electron chi connectivity index (χ1n) is 8.37. The number of carbonyl (C=O) groups excluding carboxylic acids is 2. The van der Waals surface area contributed by atoms with Gasteiger partial charge in [-0.15, -0.1) is 0 Å². The minimum Gasteiger partial charge on any atom is -0.488 e. The average Bonchev–Trinajstić information content (AvgIpc) is 3.03. The number of ether oxygens (including phenoxy) is 1. The minimum absolute atomic E-state index is 0.0925. The number of rotatable bonds is 7. The number of amides is 2. The minimum atomic E-state index is -0.495. The highest BCUT2D eigenvalue weighted by Crippen LogP contribution is 2.22. The SMILES string of the molecule is CC(C)(C)C(COc1ccccc1F)NC(=O)CNC(=O)c1ccc(Br)o1. The zero-order valence-electron chi connectivity index (χ0n) is 15.3. The molecule has 0 saturated heterocycles. The molecule has 1 aromatic heterocycles.